The molecule has 0 spiro atoms. The highest BCUT2D eigenvalue weighted by Gasteiger charge is 2.36. The van der Waals surface area contributed by atoms with Crippen molar-refractivity contribution in [2.24, 2.45) is 0 Å². The van der Waals surface area contributed by atoms with E-state index in [1.165, 1.54) is 19.3 Å². The predicted octanol–water partition coefficient (Wildman–Crippen LogP) is 5.41. The van der Waals surface area contributed by atoms with Gasteiger partial charge in [-0.05, 0) is 66.7 Å². The van der Waals surface area contributed by atoms with Gasteiger partial charge in [-0.1, -0.05) is 6.07 Å². The zero-order valence-corrected chi connectivity index (χ0v) is 17.3. The Bertz CT molecular complexity index is 1230. The maximum Gasteiger partial charge on any atom is 0.298 e. The van der Waals surface area contributed by atoms with Crippen LogP contribution in [0.5, 0.6) is 5.75 Å². The van der Waals surface area contributed by atoms with Crippen molar-refractivity contribution >= 4 is 40.4 Å². The number of hydrogen-bond acceptors (Lipinski definition) is 7. The second kappa shape index (κ2) is 8.11. The van der Waals surface area contributed by atoms with Gasteiger partial charge in [-0.3, -0.25) is 19.7 Å². The molecule has 4 rings (SSSR count). The number of amides is 2. The molecule has 0 N–H and O–H groups in total. The van der Waals surface area contributed by atoms with Gasteiger partial charge in [0.15, 0.2) is 0 Å². The Hall–Kier alpha value is -3.85. The fourth-order valence-electron chi connectivity index (χ4n) is 3.13. The summed E-state index contributed by atoms with van der Waals surface area (Å²) in [6.07, 6.45) is 1.46. The molecule has 1 aromatic heterocycles. The monoisotopic (exact) mass is 436 g/mol. The van der Waals surface area contributed by atoms with Crippen LogP contribution in [0.1, 0.15) is 11.3 Å². The second-order valence-electron chi connectivity index (χ2n) is 6.69. The molecule has 31 heavy (non-hydrogen) atoms. The third-order valence-electron chi connectivity index (χ3n) is 4.64. The number of carbonyl (C=O) groups excluding carboxylic acids is 2. The van der Waals surface area contributed by atoms with E-state index in [1.807, 2.05) is 0 Å². The van der Waals surface area contributed by atoms with Crippen LogP contribution in [0.3, 0.4) is 0 Å². The molecule has 9 heteroatoms. The largest absolute Gasteiger partial charge is 0.497 e. The van der Waals surface area contributed by atoms with E-state index in [2.05, 4.69) is 0 Å². The number of furan rings is 1. The van der Waals surface area contributed by atoms with Crippen LogP contribution in [-0.4, -0.2) is 23.2 Å². The molecule has 3 aromatic rings. The zero-order chi connectivity index (χ0) is 22.1. The lowest BCUT2D eigenvalue weighted by molar-refractivity contribution is -0.384. The Morgan fingerprint density at radius 2 is 1.84 bits per heavy atom. The summed E-state index contributed by atoms with van der Waals surface area (Å²) >= 11 is 0.796. The number of anilines is 1. The van der Waals surface area contributed by atoms with Crippen LogP contribution in [-0.2, 0) is 4.79 Å². The molecule has 0 unspecified atom stereocenters. The summed E-state index contributed by atoms with van der Waals surface area (Å²) in [6, 6.07) is 14.6. The van der Waals surface area contributed by atoms with Crippen molar-refractivity contribution in [2.75, 3.05) is 12.0 Å². The van der Waals surface area contributed by atoms with E-state index >= 15 is 0 Å². The van der Waals surface area contributed by atoms with Crippen molar-refractivity contribution in [3.8, 4) is 17.1 Å². The highest BCUT2D eigenvalue weighted by molar-refractivity contribution is 8.19. The lowest BCUT2D eigenvalue weighted by Gasteiger charge is -2.12. The SMILES string of the molecule is COc1ccc(N2C(=O)S/C(=C/c3ccc(-c4ccc(C)cc4[N+](=O)[O-])o3)C2=O)cc1. The third-order valence-corrected chi connectivity index (χ3v) is 5.51. The van der Waals surface area contributed by atoms with Crippen molar-refractivity contribution in [1.82, 2.24) is 0 Å². The summed E-state index contributed by atoms with van der Waals surface area (Å²) in [5.41, 5.74) is 1.46. The Morgan fingerprint density at radius 1 is 1.10 bits per heavy atom. The molecule has 0 atom stereocenters. The van der Waals surface area contributed by atoms with Crippen molar-refractivity contribution < 1.29 is 23.7 Å². The molecular formula is C22H16N2O6S. The number of thioether (sulfide) groups is 1. The highest BCUT2D eigenvalue weighted by atomic mass is 32.2. The van der Waals surface area contributed by atoms with Crippen LogP contribution >= 0.6 is 11.8 Å². The average molecular weight is 436 g/mol. The molecule has 1 saturated heterocycles. The summed E-state index contributed by atoms with van der Waals surface area (Å²) in [4.78, 5) is 37.4. The Morgan fingerprint density at radius 3 is 2.52 bits per heavy atom. The molecular weight excluding hydrogens is 420 g/mol. The van der Waals surface area contributed by atoms with Crippen molar-refractivity contribution in [3.05, 3.63) is 80.9 Å². The smallest absolute Gasteiger partial charge is 0.298 e. The molecule has 0 radical (unpaired) electrons. The van der Waals surface area contributed by atoms with Gasteiger partial charge in [0.2, 0.25) is 0 Å². The minimum atomic E-state index is -0.473. The summed E-state index contributed by atoms with van der Waals surface area (Å²) in [7, 11) is 1.53. The number of rotatable bonds is 5. The second-order valence-corrected chi connectivity index (χ2v) is 7.69. The van der Waals surface area contributed by atoms with Gasteiger partial charge in [-0.25, -0.2) is 4.90 Å². The number of aryl methyl sites for hydroxylation is 1. The Kier molecular flexibility index (Phi) is 5.35. The molecule has 8 nitrogen and oxygen atoms in total. The molecule has 1 fully saturated rings. The minimum absolute atomic E-state index is 0.0688. The molecule has 2 heterocycles. The van der Waals surface area contributed by atoms with Gasteiger partial charge in [0.05, 0.1) is 28.2 Å². The lowest BCUT2D eigenvalue weighted by Crippen LogP contribution is -2.27. The van der Waals surface area contributed by atoms with Gasteiger partial charge < -0.3 is 9.15 Å². The molecule has 2 amide bonds. The maximum atomic E-state index is 12.8. The molecule has 2 aromatic carbocycles. The van der Waals surface area contributed by atoms with Gasteiger partial charge in [-0.2, -0.15) is 0 Å². The number of ether oxygens (including phenoxy) is 1. The van der Waals surface area contributed by atoms with E-state index in [0.29, 0.717) is 28.5 Å². The van der Waals surface area contributed by atoms with Gasteiger partial charge in [0.1, 0.15) is 17.3 Å². The standard InChI is InChI=1S/C22H16N2O6S/c1-13-3-9-17(18(11-13)24(27)28)19-10-8-16(30-19)12-20-21(25)23(22(26)31-20)14-4-6-15(29-2)7-5-14/h3-12H,1-2H3/b20-12+. The van der Waals surface area contributed by atoms with Gasteiger partial charge in [0.25, 0.3) is 16.8 Å². The Labute approximate surface area is 181 Å². The lowest BCUT2D eigenvalue weighted by atomic mass is 10.1. The zero-order valence-electron chi connectivity index (χ0n) is 16.5. The van der Waals surface area contributed by atoms with E-state index in [0.717, 1.165) is 22.2 Å². The average Bonchev–Trinajstić information content (AvgIpc) is 3.32. The minimum Gasteiger partial charge on any atom is -0.497 e. The molecule has 0 aliphatic carbocycles. The first-order valence-electron chi connectivity index (χ1n) is 9.14. The molecule has 156 valence electrons. The van der Waals surface area contributed by atoms with Crippen molar-refractivity contribution in [1.29, 1.82) is 0 Å². The first kappa shape index (κ1) is 20.4. The molecule has 0 saturated carbocycles. The Balaban J connectivity index is 1.62. The predicted molar refractivity (Wildman–Crippen MR) is 117 cm³/mol. The van der Waals surface area contributed by atoms with E-state index in [1.54, 1.807) is 55.5 Å². The van der Waals surface area contributed by atoms with E-state index < -0.39 is 16.1 Å². The number of methoxy groups -OCH3 is 1. The fourth-order valence-corrected chi connectivity index (χ4v) is 3.95. The quantitative estimate of drug-likeness (QED) is 0.299. The normalized spacial score (nSPS) is 15.0. The number of nitrogens with zero attached hydrogens (tertiary/aromatic N) is 2. The van der Waals surface area contributed by atoms with Gasteiger partial charge >= 0.3 is 0 Å². The number of benzene rings is 2. The topological polar surface area (TPSA) is 103 Å². The summed E-state index contributed by atoms with van der Waals surface area (Å²) in [5.74, 6) is 0.747. The fraction of sp³-hybridized carbons (Fsp3) is 0.0909. The van der Waals surface area contributed by atoms with Gasteiger partial charge in [-0.15, -0.1) is 0 Å². The number of nitro benzene ring substituents is 1. The molecule has 1 aliphatic rings. The van der Waals surface area contributed by atoms with E-state index in [-0.39, 0.29) is 10.6 Å². The molecule has 0 bridgehead atoms. The molecule has 1 aliphatic heterocycles. The first-order chi connectivity index (χ1) is 14.9. The number of imide groups is 1. The van der Waals surface area contributed by atoms with Crippen LogP contribution < -0.4 is 9.64 Å². The summed E-state index contributed by atoms with van der Waals surface area (Å²) < 4.78 is 10.8. The number of nitro groups is 1. The summed E-state index contributed by atoms with van der Waals surface area (Å²) in [5, 5.41) is 10.9. The van der Waals surface area contributed by atoms with Crippen molar-refractivity contribution in [3.63, 3.8) is 0 Å². The van der Waals surface area contributed by atoms with Crippen LogP contribution in [0, 0.1) is 17.0 Å². The van der Waals surface area contributed by atoms with Crippen LogP contribution in [0.25, 0.3) is 17.4 Å². The van der Waals surface area contributed by atoms with Crippen LogP contribution in [0.4, 0.5) is 16.2 Å². The summed E-state index contributed by atoms with van der Waals surface area (Å²) in [6.45, 7) is 1.77. The number of carbonyl (C=O) groups is 2. The maximum absolute atomic E-state index is 12.8. The van der Waals surface area contributed by atoms with E-state index in [4.69, 9.17) is 9.15 Å². The van der Waals surface area contributed by atoms with Crippen LogP contribution in [0.15, 0.2) is 63.9 Å². The number of hydrogen-bond donors (Lipinski definition) is 0. The third kappa shape index (κ3) is 3.95. The first-order valence-corrected chi connectivity index (χ1v) is 9.96. The van der Waals surface area contributed by atoms with Crippen LogP contribution in [0.2, 0.25) is 0 Å². The van der Waals surface area contributed by atoms with Crippen molar-refractivity contribution in [2.45, 2.75) is 6.92 Å². The van der Waals surface area contributed by atoms with E-state index in [9.17, 15) is 19.7 Å². The van der Waals surface area contributed by atoms with Gasteiger partial charge in [0, 0.05) is 12.1 Å². The highest BCUT2D eigenvalue weighted by Crippen LogP contribution is 2.37.